The predicted octanol–water partition coefficient (Wildman–Crippen LogP) is 4.74. The zero-order chi connectivity index (χ0) is 18.2. The molecule has 0 saturated heterocycles. The van der Waals surface area contributed by atoms with Crippen molar-refractivity contribution < 1.29 is 14.6 Å². The second kappa shape index (κ2) is 7.15. The van der Waals surface area contributed by atoms with Gasteiger partial charge >= 0.3 is 0 Å². The molecule has 142 valence electrons. The third-order valence-electron chi connectivity index (χ3n) is 7.98. The highest BCUT2D eigenvalue weighted by Gasteiger charge is 2.54. The Kier molecular flexibility index (Phi) is 5.46. The molecule has 3 nitrogen and oxygen atoms in total. The van der Waals surface area contributed by atoms with Crippen LogP contribution in [-0.4, -0.2) is 23.8 Å². The summed E-state index contributed by atoms with van der Waals surface area (Å²) in [7, 11) is 1.59. The van der Waals surface area contributed by atoms with Crippen LogP contribution in [0.25, 0.3) is 0 Å². The molecule has 0 aromatic carbocycles. The van der Waals surface area contributed by atoms with E-state index in [-0.39, 0.29) is 11.3 Å². The van der Waals surface area contributed by atoms with Crippen molar-refractivity contribution in [3.8, 4) is 0 Å². The van der Waals surface area contributed by atoms with Crippen LogP contribution in [0.15, 0.2) is 12.2 Å². The number of fused-ring (bicyclic) bond motifs is 1. The standard InChI is InChI=1S/C22H36O3/c1-15-11-13-21(3)19(16(2)23)9-10-20(21)18(15)8-7-17-6-5-12-22(24,14-17)25-4/h5,12,15,17-20,24H,6-11,13-14H2,1-4H3/t15-,17-,18+,19+,20-,21-,22-/m0/s1. The molecule has 0 bridgehead atoms. The largest absolute Gasteiger partial charge is 0.362 e. The maximum Gasteiger partial charge on any atom is 0.185 e. The van der Waals surface area contributed by atoms with Crippen molar-refractivity contribution in [2.75, 3.05) is 7.11 Å². The van der Waals surface area contributed by atoms with Gasteiger partial charge in [0.25, 0.3) is 0 Å². The number of Topliss-reactive ketones (excluding diaryl/α,β-unsaturated/α-hetero) is 1. The first-order valence-corrected chi connectivity index (χ1v) is 10.2. The van der Waals surface area contributed by atoms with Gasteiger partial charge in [-0.05, 0) is 87.0 Å². The van der Waals surface area contributed by atoms with E-state index in [9.17, 15) is 9.90 Å². The van der Waals surface area contributed by atoms with Crippen molar-refractivity contribution in [2.24, 2.45) is 35.0 Å². The van der Waals surface area contributed by atoms with Gasteiger partial charge in [-0.1, -0.05) is 19.9 Å². The van der Waals surface area contributed by atoms with Crippen molar-refractivity contribution in [3.63, 3.8) is 0 Å². The smallest absolute Gasteiger partial charge is 0.185 e. The minimum Gasteiger partial charge on any atom is -0.362 e. The number of allylic oxidation sites excluding steroid dienone is 1. The molecule has 0 aromatic rings. The molecule has 3 aliphatic carbocycles. The molecule has 1 N–H and O–H groups in total. The summed E-state index contributed by atoms with van der Waals surface area (Å²) in [6.07, 6.45) is 12.8. The van der Waals surface area contributed by atoms with Crippen LogP contribution < -0.4 is 0 Å². The zero-order valence-corrected chi connectivity index (χ0v) is 16.5. The summed E-state index contributed by atoms with van der Waals surface area (Å²) in [5.41, 5.74) is 0.225. The Bertz CT molecular complexity index is 527. The lowest BCUT2D eigenvalue weighted by molar-refractivity contribution is -0.162. The topological polar surface area (TPSA) is 46.5 Å². The maximum atomic E-state index is 12.2. The number of ketones is 1. The lowest BCUT2D eigenvalue weighted by Gasteiger charge is -2.48. The highest BCUT2D eigenvalue weighted by atomic mass is 16.6. The number of carbonyl (C=O) groups is 1. The Morgan fingerprint density at radius 1 is 1.28 bits per heavy atom. The number of rotatable bonds is 5. The van der Waals surface area contributed by atoms with E-state index < -0.39 is 5.79 Å². The van der Waals surface area contributed by atoms with E-state index in [4.69, 9.17) is 4.74 Å². The van der Waals surface area contributed by atoms with E-state index in [1.54, 1.807) is 20.1 Å². The van der Waals surface area contributed by atoms with E-state index in [0.29, 0.717) is 24.0 Å². The van der Waals surface area contributed by atoms with Gasteiger partial charge in [0.1, 0.15) is 5.78 Å². The van der Waals surface area contributed by atoms with Crippen molar-refractivity contribution in [1.82, 2.24) is 0 Å². The molecule has 3 aliphatic rings. The Morgan fingerprint density at radius 2 is 2.04 bits per heavy atom. The summed E-state index contributed by atoms with van der Waals surface area (Å²) in [6, 6.07) is 0. The quantitative estimate of drug-likeness (QED) is 0.577. The van der Waals surface area contributed by atoms with Crippen LogP contribution in [0.1, 0.15) is 72.1 Å². The van der Waals surface area contributed by atoms with Crippen molar-refractivity contribution >= 4 is 5.78 Å². The summed E-state index contributed by atoms with van der Waals surface area (Å²) in [6.45, 7) is 6.60. The number of ether oxygens (including phenoxy) is 1. The van der Waals surface area contributed by atoms with E-state index in [1.807, 2.05) is 0 Å². The number of hydrogen-bond donors (Lipinski definition) is 1. The molecule has 0 aromatic heterocycles. The van der Waals surface area contributed by atoms with Crippen molar-refractivity contribution in [1.29, 1.82) is 0 Å². The predicted molar refractivity (Wildman–Crippen MR) is 99.9 cm³/mol. The molecule has 2 saturated carbocycles. The number of aliphatic hydroxyl groups is 1. The van der Waals surface area contributed by atoms with Crippen LogP contribution in [0.5, 0.6) is 0 Å². The molecule has 0 spiro atoms. The second-order valence-electron chi connectivity index (χ2n) is 9.37. The van der Waals surface area contributed by atoms with Crippen molar-refractivity contribution in [3.05, 3.63) is 12.2 Å². The van der Waals surface area contributed by atoms with Crippen LogP contribution >= 0.6 is 0 Å². The number of hydrogen-bond acceptors (Lipinski definition) is 3. The Morgan fingerprint density at radius 3 is 2.72 bits per heavy atom. The van der Waals surface area contributed by atoms with Gasteiger partial charge in [-0.15, -0.1) is 0 Å². The third-order valence-corrected chi connectivity index (χ3v) is 7.98. The van der Waals surface area contributed by atoms with Gasteiger partial charge in [-0.25, -0.2) is 0 Å². The fraction of sp³-hybridized carbons (Fsp3) is 0.864. The van der Waals surface area contributed by atoms with Gasteiger partial charge in [0.2, 0.25) is 0 Å². The molecular formula is C22H36O3. The molecule has 25 heavy (non-hydrogen) atoms. The van der Waals surface area contributed by atoms with Crippen LogP contribution in [0.4, 0.5) is 0 Å². The molecule has 0 unspecified atom stereocenters. The highest BCUT2D eigenvalue weighted by Crippen LogP contribution is 2.60. The van der Waals surface area contributed by atoms with Gasteiger partial charge in [0.15, 0.2) is 5.79 Å². The Hall–Kier alpha value is -0.670. The van der Waals surface area contributed by atoms with Gasteiger partial charge in [-0.3, -0.25) is 4.79 Å². The summed E-state index contributed by atoms with van der Waals surface area (Å²) < 4.78 is 5.28. The molecule has 0 radical (unpaired) electrons. The fourth-order valence-electron chi connectivity index (χ4n) is 6.44. The normalized spacial score (nSPS) is 46.8. The lowest BCUT2D eigenvalue weighted by atomic mass is 9.57. The van der Waals surface area contributed by atoms with Crippen molar-refractivity contribution in [2.45, 2.75) is 77.9 Å². The number of methoxy groups -OCH3 is 1. The molecule has 3 heteroatoms. The molecule has 0 amide bonds. The van der Waals surface area contributed by atoms with E-state index in [1.165, 1.54) is 25.7 Å². The maximum absolute atomic E-state index is 12.2. The monoisotopic (exact) mass is 348 g/mol. The number of carbonyl (C=O) groups excluding carboxylic acids is 1. The molecule has 3 rings (SSSR count). The van der Waals surface area contributed by atoms with Gasteiger partial charge in [-0.2, -0.15) is 0 Å². The van der Waals surface area contributed by atoms with Crippen LogP contribution in [-0.2, 0) is 9.53 Å². The lowest BCUT2D eigenvalue weighted by Crippen LogP contribution is -2.42. The van der Waals surface area contributed by atoms with Crippen LogP contribution in [0.3, 0.4) is 0 Å². The zero-order valence-electron chi connectivity index (χ0n) is 16.5. The Balaban J connectivity index is 1.66. The first kappa shape index (κ1) is 19.1. The minimum atomic E-state index is -1.07. The first-order chi connectivity index (χ1) is 11.8. The Labute approximate surface area is 153 Å². The molecule has 2 fully saturated rings. The molecule has 7 atom stereocenters. The third kappa shape index (κ3) is 3.60. The first-order valence-electron chi connectivity index (χ1n) is 10.2. The average molecular weight is 349 g/mol. The summed E-state index contributed by atoms with van der Waals surface area (Å²) in [5, 5.41) is 10.4. The van der Waals surface area contributed by atoms with E-state index >= 15 is 0 Å². The van der Waals surface area contributed by atoms with E-state index in [2.05, 4.69) is 19.9 Å². The minimum absolute atomic E-state index is 0.225. The van der Waals surface area contributed by atoms with Crippen LogP contribution in [0, 0.1) is 35.0 Å². The summed E-state index contributed by atoms with van der Waals surface area (Å²) in [4.78, 5) is 12.2. The highest BCUT2D eigenvalue weighted by molar-refractivity contribution is 5.79. The van der Waals surface area contributed by atoms with Crippen LogP contribution in [0.2, 0.25) is 0 Å². The second-order valence-corrected chi connectivity index (χ2v) is 9.37. The summed E-state index contributed by atoms with van der Waals surface area (Å²) >= 11 is 0. The SMILES string of the molecule is CO[C@@]1(O)C=CC[C@@H](CC[C@@H]2[C@@H](C)CC[C@@]3(C)[C@@H](C(C)=O)CC[C@@H]23)C1. The average Bonchev–Trinajstić information content (AvgIpc) is 2.92. The molecule has 0 aliphatic heterocycles. The van der Waals surface area contributed by atoms with Gasteiger partial charge < -0.3 is 9.84 Å². The molecule has 0 heterocycles. The fourth-order valence-corrected chi connectivity index (χ4v) is 6.44. The van der Waals surface area contributed by atoms with Gasteiger partial charge in [0, 0.05) is 19.4 Å². The summed E-state index contributed by atoms with van der Waals surface area (Å²) in [5.74, 6) is 2.30. The van der Waals surface area contributed by atoms with E-state index in [0.717, 1.165) is 31.1 Å². The van der Waals surface area contributed by atoms with Gasteiger partial charge in [0.05, 0.1) is 0 Å². The molecular weight excluding hydrogens is 312 g/mol.